The van der Waals surface area contributed by atoms with Gasteiger partial charge in [0, 0.05) is 11.8 Å². The van der Waals surface area contributed by atoms with Crippen molar-refractivity contribution in [2.24, 2.45) is 34.5 Å². The van der Waals surface area contributed by atoms with Crippen molar-refractivity contribution in [1.82, 2.24) is 0 Å². The summed E-state index contributed by atoms with van der Waals surface area (Å²) >= 11 is 2.02. The first-order valence-corrected chi connectivity index (χ1v) is 11.1. The van der Waals surface area contributed by atoms with Crippen molar-refractivity contribution >= 4 is 17.5 Å². The van der Waals surface area contributed by atoms with E-state index in [0.717, 1.165) is 49.9 Å². The number of ketones is 1. The Morgan fingerprint density at radius 1 is 1.13 bits per heavy atom. The highest BCUT2D eigenvalue weighted by molar-refractivity contribution is 7.98. The number of aliphatic hydroxyl groups is 1. The maximum Gasteiger partial charge on any atom is 0.139 e. The summed E-state index contributed by atoms with van der Waals surface area (Å²) < 4.78 is 0. The number of carbonyl (C=O) groups is 1. The van der Waals surface area contributed by atoms with Crippen LogP contribution in [-0.2, 0) is 4.79 Å². The standard InChI is InChI=1S/C20H32O2S/c1-19-9-8-17-15(16(19)5-6-18(19)22)4-3-13-11-14(21)7-10-20(13,17)12-23-2/h13-17,21H,3-12H2,1-2H3/t13-,14-,15-,16-,17-,19-,20+/m0/s1. The van der Waals surface area contributed by atoms with E-state index in [1.807, 2.05) is 11.8 Å². The van der Waals surface area contributed by atoms with E-state index < -0.39 is 0 Å². The van der Waals surface area contributed by atoms with Crippen molar-refractivity contribution in [1.29, 1.82) is 0 Å². The van der Waals surface area contributed by atoms with Crippen LogP contribution >= 0.6 is 11.8 Å². The minimum atomic E-state index is -0.0616. The van der Waals surface area contributed by atoms with E-state index in [1.54, 1.807) is 0 Å². The summed E-state index contributed by atoms with van der Waals surface area (Å²) in [6.45, 7) is 2.28. The Labute approximate surface area is 145 Å². The zero-order valence-corrected chi connectivity index (χ0v) is 15.5. The fraction of sp³-hybridized carbons (Fsp3) is 0.950. The van der Waals surface area contributed by atoms with E-state index in [0.29, 0.717) is 17.1 Å². The van der Waals surface area contributed by atoms with Crippen LogP contribution in [0.15, 0.2) is 0 Å². The highest BCUT2D eigenvalue weighted by Crippen LogP contribution is 2.66. The van der Waals surface area contributed by atoms with Crippen LogP contribution in [0.3, 0.4) is 0 Å². The molecule has 0 spiro atoms. The quantitative estimate of drug-likeness (QED) is 0.817. The molecular formula is C20H32O2S. The van der Waals surface area contributed by atoms with Crippen molar-refractivity contribution in [3.63, 3.8) is 0 Å². The average molecular weight is 337 g/mol. The molecule has 1 N–H and O–H groups in total. The van der Waals surface area contributed by atoms with Gasteiger partial charge in [0.05, 0.1) is 6.10 Å². The SMILES string of the molecule is CSC[C@]12CC[C@H](O)C[C@@H]1CC[C@@H]1[C@@H]2CC[C@]2(C)C(=O)CC[C@@H]12. The second kappa shape index (κ2) is 5.76. The number of thioether (sulfide) groups is 1. The van der Waals surface area contributed by atoms with E-state index >= 15 is 0 Å². The Balaban J connectivity index is 1.66. The van der Waals surface area contributed by atoms with Gasteiger partial charge in [-0.3, -0.25) is 4.79 Å². The van der Waals surface area contributed by atoms with Crippen LogP contribution < -0.4 is 0 Å². The van der Waals surface area contributed by atoms with Crippen molar-refractivity contribution in [2.75, 3.05) is 12.0 Å². The summed E-state index contributed by atoms with van der Waals surface area (Å²) in [6, 6.07) is 0. The van der Waals surface area contributed by atoms with Gasteiger partial charge >= 0.3 is 0 Å². The van der Waals surface area contributed by atoms with Crippen LogP contribution in [0.1, 0.15) is 64.7 Å². The van der Waals surface area contributed by atoms with Gasteiger partial charge in [-0.15, -0.1) is 0 Å². The lowest BCUT2D eigenvalue weighted by Gasteiger charge is -2.61. The minimum absolute atomic E-state index is 0.00271. The zero-order chi connectivity index (χ0) is 16.2. The maximum atomic E-state index is 12.5. The largest absolute Gasteiger partial charge is 0.393 e. The van der Waals surface area contributed by atoms with Gasteiger partial charge in [-0.2, -0.15) is 11.8 Å². The molecule has 4 aliphatic rings. The lowest BCUT2D eigenvalue weighted by molar-refractivity contribution is -0.141. The number of hydrogen-bond acceptors (Lipinski definition) is 3. The topological polar surface area (TPSA) is 37.3 Å². The third-order valence-electron chi connectivity index (χ3n) is 8.46. The molecule has 0 amide bonds. The molecule has 2 nitrogen and oxygen atoms in total. The monoisotopic (exact) mass is 336 g/mol. The van der Waals surface area contributed by atoms with E-state index in [-0.39, 0.29) is 11.5 Å². The first-order valence-electron chi connectivity index (χ1n) is 9.71. The summed E-state index contributed by atoms with van der Waals surface area (Å²) in [7, 11) is 0. The fourth-order valence-electron chi connectivity index (χ4n) is 7.35. The number of aliphatic hydroxyl groups excluding tert-OH is 1. The van der Waals surface area contributed by atoms with Gasteiger partial charge < -0.3 is 5.11 Å². The van der Waals surface area contributed by atoms with Gasteiger partial charge in [0.2, 0.25) is 0 Å². The second-order valence-corrected chi connectivity index (χ2v) is 10.0. The first kappa shape index (κ1) is 16.4. The zero-order valence-electron chi connectivity index (χ0n) is 14.7. The third kappa shape index (κ3) is 2.28. The Hall–Kier alpha value is -0.0200. The van der Waals surface area contributed by atoms with E-state index in [4.69, 9.17) is 0 Å². The summed E-state index contributed by atoms with van der Waals surface area (Å²) in [5, 5.41) is 10.2. The molecule has 4 rings (SSSR count). The summed E-state index contributed by atoms with van der Waals surface area (Å²) in [5.74, 6) is 4.79. The van der Waals surface area contributed by atoms with E-state index in [9.17, 15) is 9.90 Å². The molecule has 7 atom stereocenters. The molecule has 0 heterocycles. The van der Waals surface area contributed by atoms with Gasteiger partial charge in [-0.25, -0.2) is 0 Å². The summed E-state index contributed by atoms with van der Waals surface area (Å²) in [4.78, 5) is 12.5. The van der Waals surface area contributed by atoms with Crippen LogP contribution in [0, 0.1) is 34.5 Å². The van der Waals surface area contributed by atoms with Gasteiger partial charge in [0.25, 0.3) is 0 Å². The van der Waals surface area contributed by atoms with Crippen molar-refractivity contribution in [3.8, 4) is 0 Å². The molecule has 4 aliphatic carbocycles. The Bertz CT molecular complexity index is 492. The number of Topliss-reactive ketones (excluding diaryl/α,β-unsaturated/α-hetero) is 1. The minimum Gasteiger partial charge on any atom is -0.393 e. The van der Waals surface area contributed by atoms with Crippen LogP contribution in [0.4, 0.5) is 0 Å². The number of carbonyl (C=O) groups excluding carboxylic acids is 1. The molecule has 0 bridgehead atoms. The molecule has 4 saturated carbocycles. The fourth-order valence-corrected chi connectivity index (χ4v) is 8.48. The van der Waals surface area contributed by atoms with Gasteiger partial charge in [-0.1, -0.05) is 6.92 Å². The van der Waals surface area contributed by atoms with Crippen LogP contribution in [-0.4, -0.2) is 29.0 Å². The Kier molecular flexibility index (Phi) is 4.12. The molecule has 0 aromatic heterocycles. The predicted molar refractivity (Wildman–Crippen MR) is 95.4 cm³/mol. The molecule has 0 aromatic rings. The molecule has 4 fully saturated rings. The van der Waals surface area contributed by atoms with Gasteiger partial charge in [0.15, 0.2) is 0 Å². The lowest BCUT2D eigenvalue weighted by atomic mass is 9.45. The van der Waals surface area contributed by atoms with Gasteiger partial charge in [0.1, 0.15) is 5.78 Å². The van der Waals surface area contributed by atoms with Crippen LogP contribution in [0.25, 0.3) is 0 Å². The number of hydrogen-bond donors (Lipinski definition) is 1. The number of fused-ring (bicyclic) bond motifs is 5. The summed E-state index contributed by atoms with van der Waals surface area (Å²) in [5.41, 5.74) is 0.456. The van der Waals surface area contributed by atoms with Crippen molar-refractivity contribution in [2.45, 2.75) is 70.8 Å². The molecule has 0 saturated heterocycles. The third-order valence-corrected chi connectivity index (χ3v) is 9.28. The average Bonchev–Trinajstić information content (AvgIpc) is 2.84. The normalized spacial score (nSPS) is 52.7. The lowest BCUT2D eigenvalue weighted by Crippen LogP contribution is -2.56. The van der Waals surface area contributed by atoms with E-state index in [2.05, 4.69) is 13.2 Å². The first-order chi connectivity index (χ1) is 11.0. The molecular weight excluding hydrogens is 304 g/mol. The highest BCUT2D eigenvalue weighted by atomic mass is 32.2. The maximum absolute atomic E-state index is 12.5. The molecule has 0 aliphatic heterocycles. The van der Waals surface area contributed by atoms with Crippen molar-refractivity contribution < 1.29 is 9.90 Å². The summed E-state index contributed by atoms with van der Waals surface area (Å²) in [6.07, 6.45) is 12.4. The van der Waals surface area contributed by atoms with Gasteiger partial charge in [-0.05, 0) is 92.5 Å². The molecule has 0 unspecified atom stereocenters. The second-order valence-electron chi connectivity index (χ2n) is 9.16. The molecule has 0 radical (unpaired) electrons. The molecule has 130 valence electrons. The molecule has 23 heavy (non-hydrogen) atoms. The molecule has 0 aromatic carbocycles. The van der Waals surface area contributed by atoms with E-state index in [1.165, 1.54) is 31.4 Å². The molecule has 3 heteroatoms. The van der Waals surface area contributed by atoms with Crippen LogP contribution in [0.2, 0.25) is 0 Å². The predicted octanol–water partition coefficient (Wildman–Crippen LogP) is 4.30. The van der Waals surface area contributed by atoms with Crippen LogP contribution in [0.5, 0.6) is 0 Å². The van der Waals surface area contributed by atoms with Crippen molar-refractivity contribution in [3.05, 3.63) is 0 Å². The Morgan fingerprint density at radius 3 is 2.74 bits per heavy atom. The Morgan fingerprint density at radius 2 is 1.96 bits per heavy atom. The number of rotatable bonds is 2. The smallest absolute Gasteiger partial charge is 0.139 e. The highest BCUT2D eigenvalue weighted by Gasteiger charge is 2.61.